The highest BCUT2D eigenvalue weighted by atomic mass is 19.1. The minimum atomic E-state index is -0.757. The maximum atomic E-state index is 13.7. The molecule has 2 amide bonds. The number of hydrogen-bond donors (Lipinski definition) is 2. The molecule has 3 aromatic rings. The molecule has 0 radical (unpaired) electrons. The SMILES string of the molecule is O=C(CNC(=O)c1ccccc1)NC(c1cccc(F)c1)c1cccc(F)c1. The van der Waals surface area contributed by atoms with Crippen LogP contribution in [0, 0.1) is 11.6 Å². The van der Waals surface area contributed by atoms with Crippen LogP contribution in [0.2, 0.25) is 0 Å². The average Bonchev–Trinajstić information content (AvgIpc) is 2.71. The van der Waals surface area contributed by atoms with E-state index in [9.17, 15) is 18.4 Å². The summed E-state index contributed by atoms with van der Waals surface area (Å²) < 4.78 is 27.3. The lowest BCUT2D eigenvalue weighted by Crippen LogP contribution is -2.39. The zero-order chi connectivity index (χ0) is 19.9. The van der Waals surface area contributed by atoms with E-state index >= 15 is 0 Å². The molecule has 0 aliphatic heterocycles. The molecule has 6 heteroatoms. The second kappa shape index (κ2) is 8.90. The third-order valence-electron chi connectivity index (χ3n) is 4.11. The van der Waals surface area contributed by atoms with Gasteiger partial charge in [0.15, 0.2) is 0 Å². The molecule has 0 heterocycles. The fourth-order valence-electron chi connectivity index (χ4n) is 2.80. The third kappa shape index (κ3) is 5.01. The van der Waals surface area contributed by atoms with E-state index < -0.39 is 23.6 Å². The van der Waals surface area contributed by atoms with Crippen LogP contribution < -0.4 is 10.6 Å². The fourth-order valence-corrected chi connectivity index (χ4v) is 2.80. The summed E-state index contributed by atoms with van der Waals surface area (Å²) >= 11 is 0. The van der Waals surface area contributed by atoms with Gasteiger partial charge in [-0.1, -0.05) is 42.5 Å². The third-order valence-corrected chi connectivity index (χ3v) is 4.11. The highest BCUT2D eigenvalue weighted by Crippen LogP contribution is 2.23. The predicted molar refractivity (Wildman–Crippen MR) is 102 cm³/mol. The lowest BCUT2D eigenvalue weighted by atomic mass is 9.98. The van der Waals surface area contributed by atoms with Gasteiger partial charge in [-0.25, -0.2) is 8.78 Å². The van der Waals surface area contributed by atoms with Crippen molar-refractivity contribution in [2.24, 2.45) is 0 Å². The summed E-state index contributed by atoms with van der Waals surface area (Å²) in [5.74, 6) is -1.80. The summed E-state index contributed by atoms with van der Waals surface area (Å²) in [7, 11) is 0. The average molecular weight is 380 g/mol. The van der Waals surface area contributed by atoms with Crippen LogP contribution in [-0.4, -0.2) is 18.4 Å². The van der Waals surface area contributed by atoms with E-state index in [1.54, 1.807) is 42.5 Å². The maximum Gasteiger partial charge on any atom is 0.251 e. The number of halogens is 2. The van der Waals surface area contributed by atoms with Crippen LogP contribution in [0.15, 0.2) is 78.9 Å². The van der Waals surface area contributed by atoms with E-state index in [0.29, 0.717) is 16.7 Å². The molecule has 2 N–H and O–H groups in total. The number of hydrogen-bond acceptors (Lipinski definition) is 2. The Balaban J connectivity index is 1.74. The van der Waals surface area contributed by atoms with Gasteiger partial charge in [0.1, 0.15) is 11.6 Å². The summed E-state index contributed by atoms with van der Waals surface area (Å²) in [4.78, 5) is 24.5. The standard InChI is InChI=1S/C22H18F2N2O2/c23-18-10-4-8-16(12-18)21(17-9-5-11-19(24)13-17)26-20(27)14-25-22(28)15-6-2-1-3-7-15/h1-13,21H,14H2,(H,25,28)(H,26,27). The quantitative estimate of drug-likeness (QED) is 0.687. The van der Waals surface area contributed by atoms with Crippen LogP contribution in [0.1, 0.15) is 27.5 Å². The Hall–Kier alpha value is -3.54. The van der Waals surface area contributed by atoms with E-state index in [1.807, 2.05) is 0 Å². The zero-order valence-electron chi connectivity index (χ0n) is 14.9. The Labute approximate surface area is 161 Å². The van der Waals surface area contributed by atoms with Crippen LogP contribution in [0.4, 0.5) is 8.78 Å². The number of carbonyl (C=O) groups excluding carboxylic acids is 2. The summed E-state index contributed by atoms with van der Waals surface area (Å²) in [5.41, 5.74) is 1.36. The molecule has 3 aromatic carbocycles. The molecule has 4 nitrogen and oxygen atoms in total. The smallest absolute Gasteiger partial charge is 0.251 e. The molecule has 142 valence electrons. The Morgan fingerprint density at radius 3 is 1.89 bits per heavy atom. The van der Waals surface area contributed by atoms with Crippen molar-refractivity contribution in [3.05, 3.63) is 107 Å². The second-order valence-electron chi connectivity index (χ2n) is 6.16. The van der Waals surface area contributed by atoms with E-state index in [2.05, 4.69) is 10.6 Å². The monoisotopic (exact) mass is 380 g/mol. The van der Waals surface area contributed by atoms with Crippen molar-refractivity contribution in [3.63, 3.8) is 0 Å². The van der Waals surface area contributed by atoms with Crippen LogP contribution in [0.5, 0.6) is 0 Å². The summed E-state index contributed by atoms with van der Waals surface area (Å²) in [6, 6.07) is 19.2. The molecule has 0 atom stereocenters. The number of nitrogens with one attached hydrogen (secondary N) is 2. The summed E-state index contributed by atoms with van der Waals surface area (Å²) in [5, 5.41) is 5.25. The van der Waals surface area contributed by atoms with Gasteiger partial charge < -0.3 is 10.6 Å². The molecule has 0 aromatic heterocycles. The number of benzene rings is 3. The van der Waals surface area contributed by atoms with Crippen molar-refractivity contribution in [1.29, 1.82) is 0 Å². The first kappa shape index (κ1) is 19.2. The van der Waals surface area contributed by atoms with Gasteiger partial charge in [0, 0.05) is 5.56 Å². The van der Waals surface area contributed by atoms with Gasteiger partial charge in [0.05, 0.1) is 12.6 Å². The first-order valence-corrected chi connectivity index (χ1v) is 8.66. The van der Waals surface area contributed by atoms with Crippen molar-refractivity contribution >= 4 is 11.8 Å². The Bertz CT molecular complexity index is 932. The minimum absolute atomic E-state index is 0.269. The van der Waals surface area contributed by atoms with Crippen molar-refractivity contribution in [3.8, 4) is 0 Å². The van der Waals surface area contributed by atoms with Crippen LogP contribution in [-0.2, 0) is 4.79 Å². The fraction of sp³-hybridized carbons (Fsp3) is 0.0909. The Morgan fingerprint density at radius 2 is 1.36 bits per heavy atom. The Kier molecular flexibility index (Phi) is 6.11. The molecule has 0 aliphatic carbocycles. The van der Waals surface area contributed by atoms with E-state index in [4.69, 9.17) is 0 Å². The summed E-state index contributed by atoms with van der Waals surface area (Å²) in [6.07, 6.45) is 0. The topological polar surface area (TPSA) is 58.2 Å². The second-order valence-corrected chi connectivity index (χ2v) is 6.16. The normalized spacial score (nSPS) is 10.5. The highest BCUT2D eigenvalue weighted by molar-refractivity contribution is 5.96. The van der Waals surface area contributed by atoms with Gasteiger partial charge in [-0.05, 0) is 47.5 Å². The van der Waals surface area contributed by atoms with Gasteiger partial charge >= 0.3 is 0 Å². The van der Waals surface area contributed by atoms with Crippen LogP contribution in [0.25, 0.3) is 0 Å². The molecule has 0 aliphatic rings. The Morgan fingerprint density at radius 1 is 0.786 bits per heavy atom. The number of rotatable bonds is 6. The van der Waals surface area contributed by atoms with Crippen LogP contribution in [0.3, 0.4) is 0 Å². The van der Waals surface area contributed by atoms with Gasteiger partial charge in [-0.3, -0.25) is 9.59 Å². The first-order valence-electron chi connectivity index (χ1n) is 8.66. The van der Waals surface area contributed by atoms with Gasteiger partial charge in [0.25, 0.3) is 5.91 Å². The largest absolute Gasteiger partial charge is 0.344 e. The maximum absolute atomic E-state index is 13.7. The molecule has 0 saturated carbocycles. The van der Waals surface area contributed by atoms with Crippen molar-refractivity contribution < 1.29 is 18.4 Å². The van der Waals surface area contributed by atoms with E-state index in [-0.39, 0.29) is 12.5 Å². The summed E-state index contributed by atoms with van der Waals surface area (Å²) in [6.45, 7) is -0.269. The molecule has 28 heavy (non-hydrogen) atoms. The zero-order valence-corrected chi connectivity index (χ0v) is 14.9. The first-order chi connectivity index (χ1) is 13.5. The van der Waals surface area contributed by atoms with E-state index in [1.165, 1.54) is 36.4 Å². The van der Waals surface area contributed by atoms with Crippen molar-refractivity contribution in [2.45, 2.75) is 6.04 Å². The number of amides is 2. The van der Waals surface area contributed by atoms with Crippen molar-refractivity contribution in [1.82, 2.24) is 10.6 Å². The molecule has 0 bridgehead atoms. The molecular weight excluding hydrogens is 362 g/mol. The van der Waals surface area contributed by atoms with Gasteiger partial charge in [-0.15, -0.1) is 0 Å². The van der Waals surface area contributed by atoms with Crippen LogP contribution >= 0.6 is 0 Å². The van der Waals surface area contributed by atoms with Crippen molar-refractivity contribution in [2.75, 3.05) is 6.54 Å². The lowest BCUT2D eigenvalue weighted by Gasteiger charge is -2.20. The molecule has 3 rings (SSSR count). The molecule has 0 saturated heterocycles. The van der Waals surface area contributed by atoms with E-state index in [0.717, 1.165) is 0 Å². The molecule has 0 spiro atoms. The lowest BCUT2D eigenvalue weighted by molar-refractivity contribution is -0.120. The van der Waals surface area contributed by atoms with Gasteiger partial charge in [0.2, 0.25) is 5.91 Å². The number of carbonyl (C=O) groups is 2. The minimum Gasteiger partial charge on any atom is -0.344 e. The van der Waals surface area contributed by atoms with Gasteiger partial charge in [-0.2, -0.15) is 0 Å². The predicted octanol–water partition coefficient (Wildman–Crippen LogP) is 3.60. The molecule has 0 unspecified atom stereocenters. The molecule has 0 fully saturated rings. The highest BCUT2D eigenvalue weighted by Gasteiger charge is 2.18. The molecular formula is C22H18F2N2O2.